The van der Waals surface area contributed by atoms with Gasteiger partial charge in [-0.15, -0.1) is 0 Å². The third-order valence-corrected chi connectivity index (χ3v) is 6.70. The molecular formula is C24H24BrN6O4S+. The number of aromatic nitrogens is 2. The number of benzene rings is 2. The predicted molar refractivity (Wildman–Crippen MR) is 139 cm³/mol. The molecule has 1 unspecified atom stereocenters. The van der Waals surface area contributed by atoms with E-state index in [4.69, 9.17) is 16.7 Å². The van der Waals surface area contributed by atoms with Crippen molar-refractivity contribution in [3.05, 3.63) is 70.3 Å². The Morgan fingerprint density at radius 1 is 1.14 bits per heavy atom. The van der Waals surface area contributed by atoms with E-state index >= 15 is 0 Å². The van der Waals surface area contributed by atoms with Crippen LogP contribution in [0.15, 0.2) is 63.6 Å². The third kappa shape index (κ3) is 5.44. The fourth-order valence-electron chi connectivity index (χ4n) is 3.83. The van der Waals surface area contributed by atoms with Crippen LogP contribution in [-0.2, 0) is 23.2 Å². The third-order valence-electron chi connectivity index (χ3n) is 5.72. The first-order valence-corrected chi connectivity index (χ1v) is 12.4. The summed E-state index contributed by atoms with van der Waals surface area (Å²) < 4.78 is 7.69. The van der Waals surface area contributed by atoms with Gasteiger partial charge < -0.3 is 10.2 Å². The normalized spacial score (nSPS) is 15.4. The summed E-state index contributed by atoms with van der Waals surface area (Å²) >= 11 is 8.95. The molecule has 0 aliphatic carbocycles. The van der Waals surface area contributed by atoms with Crippen molar-refractivity contribution in [3.63, 3.8) is 0 Å². The number of hydrogen-bond acceptors (Lipinski definition) is 6. The van der Waals surface area contributed by atoms with Crippen LogP contribution in [0.1, 0.15) is 29.4 Å². The molecule has 1 aromatic heterocycles. The molecule has 0 saturated carbocycles. The van der Waals surface area contributed by atoms with E-state index in [1.54, 1.807) is 48.3 Å². The molecule has 2 aromatic carbocycles. The van der Waals surface area contributed by atoms with Crippen molar-refractivity contribution in [3.8, 4) is 0 Å². The van der Waals surface area contributed by atoms with Crippen molar-refractivity contribution in [1.29, 1.82) is 0 Å². The molecule has 1 aliphatic heterocycles. The maximum atomic E-state index is 13.1. The minimum atomic E-state index is -0.819. The number of anilines is 2. The van der Waals surface area contributed by atoms with Crippen molar-refractivity contribution < 1.29 is 23.6 Å². The quantitative estimate of drug-likeness (QED) is 0.316. The van der Waals surface area contributed by atoms with Gasteiger partial charge in [-0.2, -0.15) is 0 Å². The minimum absolute atomic E-state index is 0.0989. The van der Waals surface area contributed by atoms with E-state index in [1.807, 2.05) is 25.1 Å². The maximum Gasteiger partial charge on any atom is 0.307 e. The fraction of sp³-hybridized carbons (Fsp3) is 0.250. The van der Waals surface area contributed by atoms with Gasteiger partial charge in [-0.05, 0) is 60.2 Å². The van der Waals surface area contributed by atoms with Gasteiger partial charge in [-0.3, -0.25) is 29.1 Å². The Kier molecular flexibility index (Phi) is 7.75. The predicted octanol–water partition coefficient (Wildman–Crippen LogP) is 2.86. The molecule has 2 N–H and O–H groups in total. The molecule has 1 fully saturated rings. The monoisotopic (exact) mass is 571 g/mol. The van der Waals surface area contributed by atoms with Crippen LogP contribution < -0.4 is 15.3 Å². The van der Waals surface area contributed by atoms with Crippen molar-refractivity contribution in [2.45, 2.75) is 25.9 Å². The molecule has 36 heavy (non-hydrogen) atoms. The Bertz CT molecular complexity index is 1300. The Morgan fingerprint density at radius 3 is 2.50 bits per heavy atom. The summed E-state index contributed by atoms with van der Waals surface area (Å²) in [7, 11) is 1.66. The van der Waals surface area contributed by atoms with Crippen molar-refractivity contribution in [2.75, 3.05) is 17.2 Å². The second-order valence-electron chi connectivity index (χ2n) is 8.06. The topological polar surface area (TPSA) is 112 Å². The number of amides is 3. The average Bonchev–Trinajstić information content (AvgIpc) is 3.32. The lowest BCUT2D eigenvalue weighted by molar-refractivity contribution is -0.746. The number of thiocarbonyl (C=S) groups is 1. The molecule has 4 rings (SSSR count). The summed E-state index contributed by atoms with van der Waals surface area (Å²) in [6.45, 7) is 2.28. The van der Waals surface area contributed by atoms with Gasteiger partial charge in [-0.1, -0.05) is 34.1 Å². The lowest BCUT2D eigenvalue weighted by Gasteiger charge is -2.21. The number of aryl methyl sites for hydroxylation is 1. The average molecular weight is 572 g/mol. The second kappa shape index (κ2) is 11.0. The molecule has 0 bridgehead atoms. The molecule has 0 radical (unpaired) electrons. The summed E-state index contributed by atoms with van der Waals surface area (Å²) in [4.78, 5) is 41.8. The SMILES string of the molecule is CCN1C(=O)C(CC(=O)Nc2ccc(Br)cc2)N(Cc2c(NC(=O)c3ccccc3)on[n+]2C)C1=S. The summed E-state index contributed by atoms with van der Waals surface area (Å²) in [6.07, 6.45) is -0.105. The number of hydrogen-bond donors (Lipinski definition) is 2. The second-order valence-corrected chi connectivity index (χ2v) is 9.34. The van der Waals surface area contributed by atoms with Gasteiger partial charge >= 0.3 is 5.88 Å². The van der Waals surface area contributed by atoms with E-state index in [9.17, 15) is 14.4 Å². The van der Waals surface area contributed by atoms with Gasteiger partial charge in [0, 0.05) is 22.3 Å². The molecule has 10 nitrogen and oxygen atoms in total. The first-order chi connectivity index (χ1) is 17.3. The number of nitrogens with zero attached hydrogens (tertiary/aromatic N) is 4. The first kappa shape index (κ1) is 25.5. The Labute approximate surface area is 221 Å². The number of likely N-dealkylation sites (N-methyl/N-ethyl adjacent to an activating group) is 1. The minimum Gasteiger partial charge on any atom is -0.326 e. The standard InChI is InChI=1S/C24H23BrN6O4S/c1-3-30-23(34)18(13-20(32)26-17-11-9-16(25)10-12-17)31(24(30)36)14-19-22(35-28-29(19)2)27-21(33)15-7-5-4-6-8-15/h4-12,18H,3,13-14H2,1-2H3,(H-,26,27,28,32,33)/p+1. The number of rotatable bonds is 8. The van der Waals surface area contributed by atoms with Crippen molar-refractivity contribution in [1.82, 2.24) is 15.1 Å². The number of nitrogens with one attached hydrogen (secondary N) is 2. The highest BCUT2D eigenvalue weighted by atomic mass is 79.9. The summed E-state index contributed by atoms with van der Waals surface area (Å²) in [5, 5.41) is 9.75. The maximum absolute atomic E-state index is 13.1. The van der Waals surface area contributed by atoms with Crippen LogP contribution in [0, 0.1) is 0 Å². The van der Waals surface area contributed by atoms with E-state index < -0.39 is 6.04 Å². The molecule has 12 heteroatoms. The summed E-state index contributed by atoms with van der Waals surface area (Å²) in [6, 6.07) is 15.0. The largest absolute Gasteiger partial charge is 0.326 e. The zero-order valence-corrected chi connectivity index (χ0v) is 22.0. The van der Waals surface area contributed by atoms with Crippen LogP contribution in [0.2, 0.25) is 0 Å². The Hall–Kier alpha value is -3.64. The van der Waals surface area contributed by atoms with Gasteiger partial charge in [0.05, 0.1) is 6.42 Å². The van der Waals surface area contributed by atoms with E-state index in [-0.39, 0.29) is 36.6 Å². The molecule has 1 saturated heterocycles. The Morgan fingerprint density at radius 2 is 1.83 bits per heavy atom. The Balaban J connectivity index is 1.54. The van der Waals surface area contributed by atoms with Gasteiger partial charge in [-0.25, -0.2) is 0 Å². The van der Waals surface area contributed by atoms with E-state index in [0.29, 0.717) is 28.6 Å². The highest BCUT2D eigenvalue weighted by Crippen LogP contribution is 2.25. The van der Waals surface area contributed by atoms with Crippen LogP contribution in [0.5, 0.6) is 0 Å². The zero-order chi connectivity index (χ0) is 25.8. The van der Waals surface area contributed by atoms with Gasteiger partial charge in [0.1, 0.15) is 12.6 Å². The molecule has 2 heterocycles. The lowest BCUT2D eigenvalue weighted by atomic mass is 10.1. The smallest absolute Gasteiger partial charge is 0.307 e. The molecule has 3 aromatic rings. The van der Waals surface area contributed by atoms with Gasteiger partial charge in [0.2, 0.25) is 11.2 Å². The van der Waals surface area contributed by atoms with E-state index in [1.165, 1.54) is 9.58 Å². The van der Waals surface area contributed by atoms with Crippen LogP contribution >= 0.6 is 28.1 Å². The zero-order valence-electron chi connectivity index (χ0n) is 19.6. The highest BCUT2D eigenvalue weighted by molar-refractivity contribution is 9.10. The lowest BCUT2D eigenvalue weighted by Crippen LogP contribution is -2.43. The van der Waals surface area contributed by atoms with Crippen LogP contribution in [0.4, 0.5) is 11.6 Å². The summed E-state index contributed by atoms with van der Waals surface area (Å²) in [5.41, 5.74) is 1.56. The summed E-state index contributed by atoms with van der Waals surface area (Å²) in [5.74, 6) is -0.819. The van der Waals surface area contributed by atoms with Gasteiger partial charge in [0.25, 0.3) is 17.5 Å². The number of halogens is 1. The van der Waals surface area contributed by atoms with Crippen LogP contribution in [0.25, 0.3) is 0 Å². The van der Waals surface area contributed by atoms with E-state index in [2.05, 4.69) is 31.8 Å². The van der Waals surface area contributed by atoms with Crippen molar-refractivity contribution >= 4 is 62.6 Å². The first-order valence-electron chi connectivity index (χ1n) is 11.2. The molecule has 186 valence electrons. The number of carbonyl (C=O) groups excluding carboxylic acids is 3. The van der Waals surface area contributed by atoms with Crippen molar-refractivity contribution in [2.24, 2.45) is 7.05 Å². The fourth-order valence-corrected chi connectivity index (χ4v) is 4.50. The van der Waals surface area contributed by atoms with Crippen LogP contribution in [-0.4, -0.2) is 50.5 Å². The molecule has 1 aliphatic rings. The molecule has 0 spiro atoms. The molecule has 3 amide bonds. The van der Waals surface area contributed by atoms with E-state index in [0.717, 1.165) is 4.47 Å². The van der Waals surface area contributed by atoms with Gasteiger partial charge in [0.15, 0.2) is 12.2 Å². The van der Waals surface area contributed by atoms with Crippen LogP contribution in [0.3, 0.4) is 0 Å². The highest BCUT2D eigenvalue weighted by Gasteiger charge is 2.44. The number of carbonyl (C=O) groups is 3. The molecular weight excluding hydrogens is 548 g/mol. The molecule has 1 atom stereocenters.